The molecule has 0 saturated carbocycles. The van der Waals surface area contributed by atoms with E-state index in [0.717, 1.165) is 58.4 Å². The van der Waals surface area contributed by atoms with Gasteiger partial charge < -0.3 is 0 Å². The molecular weight excluding hydrogens is 597 g/mol. The second-order valence-corrected chi connectivity index (χ2v) is 15.7. The number of aryl methyl sites for hydroxylation is 1. The number of aromatic amines is 2. The lowest BCUT2D eigenvalue weighted by atomic mass is 9.77. The van der Waals surface area contributed by atoms with Gasteiger partial charge in [0.05, 0.1) is 11.2 Å². The Kier molecular flexibility index (Phi) is 8.06. The van der Waals surface area contributed by atoms with Crippen LogP contribution in [0.25, 0.3) is 5.57 Å². The minimum absolute atomic E-state index is 0.288. The van der Waals surface area contributed by atoms with Crippen LogP contribution >= 0.6 is 35.3 Å². The topological polar surface area (TPSA) is 91.0 Å². The van der Waals surface area contributed by atoms with Crippen molar-refractivity contribution in [3.8, 4) is 0 Å². The number of hydrogen-bond donors (Lipinski definition) is 2. The summed E-state index contributed by atoms with van der Waals surface area (Å²) in [6.45, 7) is 27.4. The number of nitrogens with zero attached hydrogens (tertiary/aromatic N) is 2. The first-order valence-corrected chi connectivity index (χ1v) is 17.0. The summed E-state index contributed by atoms with van der Waals surface area (Å²) in [6, 6.07) is 2.23. The van der Waals surface area contributed by atoms with Crippen molar-refractivity contribution in [3.05, 3.63) is 98.8 Å². The zero-order valence-electron chi connectivity index (χ0n) is 26.5. The molecule has 0 unspecified atom stereocenters. The quantitative estimate of drug-likeness (QED) is 0.338. The number of carbonyl (C=O) groups is 1. The van der Waals surface area contributed by atoms with Gasteiger partial charge in [-0.2, -0.15) is 0 Å². The molecule has 0 aliphatic carbocycles. The van der Waals surface area contributed by atoms with Crippen molar-refractivity contribution >= 4 is 52.5 Å². The number of amides is 1. The van der Waals surface area contributed by atoms with E-state index in [1.807, 2.05) is 28.4 Å². The number of H-pyrrole nitrogens is 2. The summed E-state index contributed by atoms with van der Waals surface area (Å²) < 4.78 is 0.476. The van der Waals surface area contributed by atoms with Gasteiger partial charge in [-0.15, -0.1) is 0 Å². The van der Waals surface area contributed by atoms with Crippen LogP contribution in [0.3, 0.4) is 0 Å². The number of hydrogen-bond acceptors (Lipinski definition) is 6. The van der Waals surface area contributed by atoms with Crippen LogP contribution in [0.4, 0.5) is 5.69 Å². The molecule has 3 aliphatic rings. The van der Waals surface area contributed by atoms with Gasteiger partial charge in [-0.05, 0) is 106 Å². The smallest absolute Gasteiger partial charge is 0.299 e. The largest absolute Gasteiger partial charge is 0.344 e. The number of carbonyl (C=O) groups excluding carboxylic acids is 1. The fourth-order valence-corrected chi connectivity index (χ4v) is 11.9. The molecule has 4 heterocycles. The Labute approximate surface area is 266 Å². The highest BCUT2D eigenvalue weighted by atomic mass is 32.2. The molecule has 1 aromatic carbocycles. The van der Waals surface area contributed by atoms with Crippen molar-refractivity contribution in [3.63, 3.8) is 0 Å². The number of thioether (sulfide) groups is 3. The van der Waals surface area contributed by atoms with Crippen molar-refractivity contribution in [2.24, 2.45) is 0 Å². The van der Waals surface area contributed by atoms with Crippen molar-refractivity contribution in [2.75, 3.05) is 4.90 Å². The summed E-state index contributed by atoms with van der Waals surface area (Å²) in [5, 5.41) is 4.62. The van der Waals surface area contributed by atoms with Crippen molar-refractivity contribution < 1.29 is 4.79 Å². The second kappa shape index (κ2) is 11.0. The second-order valence-electron chi connectivity index (χ2n) is 11.8. The first kappa shape index (κ1) is 31.6. The summed E-state index contributed by atoms with van der Waals surface area (Å²) in [4.78, 5) is 46.1. The maximum absolute atomic E-state index is 14.5. The van der Waals surface area contributed by atoms with Crippen LogP contribution in [0.1, 0.15) is 76.6 Å². The van der Waals surface area contributed by atoms with E-state index in [0.29, 0.717) is 12.8 Å². The lowest BCUT2D eigenvalue weighted by Gasteiger charge is -2.54. The molecule has 2 aromatic rings. The normalized spacial score (nSPS) is 18.9. The first-order chi connectivity index (χ1) is 20.2. The molecule has 0 radical (unpaired) electrons. The van der Waals surface area contributed by atoms with Gasteiger partial charge in [-0.3, -0.25) is 9.69 Å². The number of allylic oxidation sites excluding steroid dienone is 3. The number of aromatic nitrogens is 3. The van der Waals surface area contributed by atoms with Gasteiger partial charge in [-0.1, -0.05) is 62.3 Å². The molecule has 3 aliphatic heterocycles. The Morgan fingerprint density at radius 1 is 0.907 bits per heavy atom. The SMILES string of the molecule is C=C(C)C1=C(C(=C)C)SC2(S1)C(C)=C(C)SC1=C2c2cc(C)c(C)c(C)c2N(C(=O)Cn2c(=O)[nH][nH]c2=O)C1(CC)CC. The highest BCUT2D eigenvalue weighted by molar-refractivity contribution is 8.26. The molecule has 0 fully saturated rings. The fraction of sp³-hybridized carbons (Fsp3) is 0.424. The van der Waals surface area contributed by atoms with Crippen LogP contribution in [-0.4, -0.2) is 30.3 Å². The van der Waals surface area contributed by atoms with Gasteiger partial charge in [0, 0.05) is 25.9 Å². The number of fused-ring (bicyclic) bond motifs is 3. The highest BCUT2D eigenvalue weighted by Gasteiger charge is 2.57. The van der Waals surface area contributed by atoms with Crippen LogP contribution in [0.2, 0.25) is 0 Å². The maximum atomic E-state index is 14.5. The van der Waals surface area contributed by atoms with E-state index < -0.39 is 21.0 Å². The average molecular weight is 637 g/mol. The molecular formula is C33H40N4O3S3. The molecule has 1 spiro atoms. The van der Waals surface area contributed by atoms with Crippen LogP contribution < -0.4 is 16.3 Å². The molecule has 228 valence electrons. The Morgan fingerprint density at radius 3 is 1.93 bits per heavy atom. The maximum Gasteiger partial charge on any atom is 0.344 e. The number of rotatable bonds is 6. The summed E-state index contributed by atoms with van der Waals surface area (Å²) >= 11 is 5.46. The molecule has 1 aromatic heterocycles. The minimum Gasteiger partial charge on any atom is -0.299 e. The van der Waals surface area contributed by atoms with E-state index in [1.165, 1.54) is 16.1 Å². The summed E-state index contributed by atoms with van der Waals surface area (Å²) in [5.41, 5.74) is 7.80. The first-order valence-electron chi connectivity index (χ1n) is 14.5. The summed E-state index contributed by atoms with van der Waals surface area (Å²) in [6.07, 6.45) is 1.33. The molecule has 5 rings (SSSR count). The van der Waals surface area contributed by atoms with E-state index in [1.54, 1.807) is 11.8 Å². The van der Waals surface area contributed by atoms with E-state index >= 15 is 0 Å². The van der Waals surface area contributed by atoms with Gasteiger partial charge in [0.1, 0.15) is 10.6 Å². The number of anilines is 1. The molecule has 1 amide bonds. The predicted molar refractivity (Wildman–Crippen MR) is 185 cm³/mol. The van der Waals surface area contributed by atoms with Crippen LogP contribution in [0.5, 0.6) is 0 Å². The molecule has 7 nitrogen and oxygen atoms in total. The zero-order chi connectivity index (χ0) is 31.8. The molecule has 0 atom stereocenters. The third-order valence-electron chi connectivity index (χ3n) is 9.25. The van der Waals surface area contributed by atoms with Crippen LogP contribution in [-0.2, 0) is 11.3 Å². The van der Waals surface area contributed by atoms with Crippen LogP contribution in [0.15, 0.2) is 65.2 Å². The number of benzene rings is 1. The summed E-state index contributed by atoms with van der Waals surface area (Å²) in [7, 11) is 0. The molecule has 0 saturated heterocycles. The van der Waals surface area contributed by atoms with Gasteiger partial charge in [-0.25, -0.2) is 24.4 Å². The molecule has 43 heavy (non-hydrogen) atoms. The molecule has 10 heteroatoms. The third-order valence-corrected chi connectivity index (χ3v) is 14.4. The Bertz CT molecular complexity index is 1770. The minimum atomic E-state index is -0.686. The van der Waals surface area contributed by atoms with Crippen molar-refractivity contribution in [2.45, 2.75) is 91.3 Å². The van der Waals surface area contributed by atoms with Gasteiger partial charge in [0.2, 0.25) is 5.91 Å². The Morgan fingerprint density at radius 2 is 1.44 bits per heavy atom. The standard InChI is InChI=1S/C33H40N4O3S3/c1-12-32(13-2)29-25(33(21(10)22(11)41-29)42-27(16(3)4)28(43-33)17(5)6)23-14-18(7)19(8)20(9)26(23)37(32)24(38)15-36-30(39)34-35-31(36)40/h14H,3,5,12-13,15H2,1-2,4,6-11H3,(H,34,39)(H,35,40). The third kappa shape index (κ3) is 4.46. The predicted octanol–water partition coefficient (Wildman–Crippen LogP) is 7.69. The lowest BCUT2D eigenvalue weighted by Crippen LogP contribution is -2.58. The van der Waals surface area contributed by atoms with Gasteiger partial charge >= 0.3 is 11.4 Å². The monoisotopic (exact) mass is 636 g/mol. The van der Waals surface area contributed by atoms with Gasteiger partial charge in [0.25, 0.3) is 0 Å². The zero-order valence-corrected chi connectivity index (χ0v) is 28.9. The lowest BCUT2D eigenvalue weighted by molar-refractivity contribution is -0.120. The van der Waals surface area contributed by atoms with Crippen molar-refractivity contribution in [1.82, 2.24) is 14.8 Å². The van der Waals surface area contributed by atoms with E-state index in [9.17, 15) is 14.4 Å². The Hall–Kier alpha value is -2.82. The van der Waals surface area contributed by atoms with E-state index in [2.05, 4.69) is 91.7 Å². The fourth-order valence-electron chi connectivity index (χ4n) is 6.49. The van der Waals surface area contributed by atoms with E-state index in [-0.39, 0.29) is 12.5 Å². The summed E-state index contributed by atoms with van der Waals surface area (Å²) in [5.74, 6) is -0.288. The highest BCUT2D eigenvalue weighted by Crippen LogP contribution is 2.72. The number of nitrogens with one attached hydrogen (secondary N) is 2. The van der Waals surface area contributed by atoms with Crippen LogP contribution in [0, 0.1) is 20.8 Å². The van der Waals surface area contributed by atoms with Crippen molar-refractivity contribution in [1.29, 1.82) is 0 Å². The molecule has 2 N–H and O–H groups in total. The average Bonchev–Trinajstić information content (AvgIpc) is 3.51. The van der Waals surface area contributed by atoms with E-state index in [4.69, 9.17) is 0 Å². The molecule has 0 bridgehead atoms. The van der Waals surface area contributed by atoms with Gasteiger partial charge in [0.15, 0.2) is 0 Å². The Balaban J connectivity index is 1.88.